The van der Waals surface area contributed by atoms with Gasteiger partial charge in [-0.1, -0.05) is 35.9 Å². The molecule has 23 heavy (non-hydrogen) atoms. The number of nitrogens with two attached hydrogens (primary N) is 1. The zero-order valence-electron chi connectivity index (χ0n) is 12.0. The van der Waals surface area contributed by atoms with E-state index < -0.39 is 10.0 Å². The molecule has 2 rings (SSSR count). The Bertz CT molecular complexity index is 793. The van der Waals surface area contributed by atoms with Gasteiger partial charge in [0.1, 0.15) is 0 Å². The molecule has 0 spiro atoms. The van der Waals surface area contributed by atoms with Crippen LogP contribution in [0.15, 0.2) is 53.4 Å². The predicted octanol–water partition coefficient (Wildman–Crippen LogP) is 2.86. The second-order valence-electron chi connectivity index (χ2n) is 4.77. The maximum Gasteiger partial charge on any atom is 0.234 e. The minimum Gasteiger partial charge on any atom is -0.325 e. The number of amides is 1. The van der Waals surface area contributed by atoms with Crippen LogP contribution in [0.5, 0.6) is 0 Å². The summed E-state index contributed by atoms with van der Waals surface area (Å²) in [5, 5.41) is 8.33. The van der Waals surface area contributed by atoms with Crippen molar-refractivity contribution in [3.8, 4) is 0 Å². The van der Waals surface area contributed by atoms with Crippen molar-refractivity contribution in [2.45, 2.75) is 10.6 Å². The Hall–Kier alpha value is -1.54. The number of primary sulfonamides is 1. The Morgan fingerprint density at radius 1 is 1.13 bits per heavy atom. The fraction of sp³-hybridized carbons (Fsp3) is 0.133. The zero-order chi connectivity index (χ0) is 16.9. The molecule has 0 aliphatic heterocycles. The smallest absolute Gasteiger partial charge is 0.234 e. The average molecular weight is 371 g/mol. The molecule has 0 bridgehead atoms. The van der Waals surface area contributed by atoms with Crippen molar-refractivity contribution in [3.63, 3.8) is 0 Å². The van der Waals surface area contributed by atoms with E-state index in [2.05, 4.69) is 5.32 Å². The lowest BCUT2D eigenvalue weighted by atomic mass is 10.2. The maximum atomic E-state index is 11.9. The number of rotatable bonds is 6. The van der Waals surface area contributed by atoms with E-state index in [0.29, 0.717) is 16.3 Å². The van der Waals surface area contributed by atoms with Crippen LogP contribution >= 0.6 is 23.4 Å². The molecule has 122 valence electrons. The van der Waals surface area contributed by atoms with E-state index in [1.807, 2.05) is 18.2 Å². The number of benzene rings is 2. The van der Waals surface area contributed by atoms with E-state index >= 15 is 0 Å². The Morgan fingerprint density at radius 2 is 1.78 bits per heavy atom. The van der Waals surface area contributed by atoms with Gasteiger partial charge in [0.05, 0.1) is 16.5 Å². The summed E-state index contributed by atoms with van der Waals surface area (Å²) in [5.41, 5.74) is 1.16. The summed E-state index contributed by atoms with van der Waals surface area (Å²) in [5.74, 6) is -0.180. The normalized spacial score (nSPS) is 11.2. The molecule has 0 heterocycles. The molecular formula is C15H15ClN2O3S2. The van der Waals surface area contributed by atoms with Gasteiger partial charge in [-0.15, -0.1) is 11.8 Å². The van der Waals surface area contributed by atoms with Crippen LogP contribution in [0, 0.1) is 0 Å². The van der Waals surface area contributed by atoms with Crippen LogP contribution in [-0.4, -0.2) is 20.1 Å². The molecule has 0 aliphatic rings. The number of hydrogen-bond acceptors (Lipinski definition) is 4. The van der Waals surface area contributed by atoms with E-state index in [4.69, 9.17) is 16.7 Å². The largest absolute Gasteiger partial charge is 0.325 e. The number of hydrogen-bond donors (Lipinski definition) is 2. The van der Waals surface area contributed by atoms with E-state index in [0.717, 1.165) is 4.90 Å². The fourth-order valence-corrected chi connectivity index (χ4v) is 3.51. The molecule has 5 nitrogen and oxygen atoms in total. The molecule has 8 heteroatoms. The molecule has 2 aromatic carbocycles. The number of carbonyl (C=O) groups is 1. The first-order chi connectivity index (χ1) is 10.8. The molecule has 0 unspecified atom stereocenters. The van der Waals surface area contributed by atoms with Gasteiger partial charge >= 0.3 is 0 Å². The summed E-state index contributed by atoms with van der Waals surface area (Å²) in [7, 11) is -3.56. The third-order valence-electron chi connectivity index (χ3n) is 2.80. The van der Waals surface area contributed by atoms with Crippen LogP contribution in [0.25, 0.3) is 0 Å². The van der Waals surface area contributed by atoms with Gasteiger partial charge in [-0.25, -0.2) is 13.6 Å². The minimum absolute atomic E-state index is 0.172. The first-order valence-electron chi connectivity index (χ1n) is 6.60. The Labute approximate surface area is 144 Å². The first-order valence-corrected chi connectivity index (χ1v) is 9.68. The highest BCUT2D eigenvalue weighted by molar-refractivity contribution is 8.00. The summed E-state index contributed by atoms with van der Waals surface area (Å²) in [6.45, 7) is 0. The van der Waals surface area contributed by atoms with Crippen LogP contribution < -0.4 is 10.5 Å². The highest BCUT2D eigenvalue weighted by atomic mass is 35.5. The molecule has 0 saturated carbocycles. The third kappa shape index (κ3) is 6.23. The number of carbonyl (C=O) groups excluding carboxylic acids is 1. The first kappa shape index (κ1) is 17.8. The predicted molar refractivity (Wildman–Crippen MR) is 94.1 cm³/mol. The van der Waals surface area contributed by atoms with E-state index in [1.165, 1.54) is 11.8 Å². The fourth-order valence-electron chi connectivity index (χ4n) is 1.82. The molecule has 0 radical (unpaired) electrons. The maximum absolute atomic E-state index is 11.9. The van der Waals surface area contributed by atoms with Gasteiger partial charge in [-0.2, -0.15) is 0 Å². The minimum atomic E-state index is -3.56. The second-order valence-corrected chi connectivity index (χ2v) is 7.81. The van der Waals surface area contributed by atoms with Crippen molar-refractivity contribution < 1.29 is 13.2 Å². The number of anilines is 1. The average Bonchev–Trinajstić information content (AvgIpc) is 2.47. The van der Waals surface area contributed by atoms with Crippen LogP contribution in [0.3, 0.4) is 0 Å². The highest BCUT2D eigenvalue weighted by Crippen LogP contribution is 2.26. The number of halogens is 1. The molecule has 2 aromatic rings. The molecule has 3 N–H and O–H groups in total. The van der Waals surface area contributed by atoms with Gasteiger partial charge in [0.2, 0.25) is 15.9 Å². The number of nitrogens with one attached hydrogen (secondary N) is 1. The quantitative estimate of drug-likeness (QED) is 0.765. The van der Waals surface area contributed by atoms with E-state index in [1.54, 1.807) is 30.3 Å². The molecule has 0 fully saturated rings. The summed E-state index contributed by atoms with van der Waals surface area (Å²) in [6, 6.07) is 13.8. The van der Waals surface area contributed by atoms with Crippen LogP contribution in [0.1, 0.15) is 5.56 Å². The molecule has 0 atom stereocenters. The van der Waals surface area contributed by atoms with Gasteiger partial charge in [0, 0.05) is 10.6 Å². The Kier molecular flexibility index (Phi) is 6.06. The standard InChI is InChI=1S/C15H15ClN2O3S2/c16-13-3-1-2-4-14(13)22-9-15(19)18-12-7-5-11(6-8-12)10-23(17,20)21/h1-8H,9-10H2,(H,18,19)(H2,17,20,21). The number of sulfonamides is 1. The Morgan fingerprint density at radius 3 is 2.39 bits per heavy atom. The lowest BCUT2D eigenvalue weighted by Crippen LogP contribution is -2.15. The van der Waals surface area contributed by atoms with Crippen molar-refractivity contribution in [2.75, 3.05) is 11.1 Å². The summed E-state index contributed by atoms with van der Waals surface area (Å²) < 4.78 is 22.0. The molecule has 0 aromatic heterocycles. The molecule has 1 amide bonds. The zero-order valence-corrected chi connectivity index (χ0v) is 14.4. The van der Waals surface area contributed by atoms with Gasteiger partial charge in [0.15, 0.2) is 0 Å². The monoisotopic (exact) mass is 370 g/mol. The summed E-state index contributed by atoms with van der Waals surface area (Å²) in [4.78, 5) is 12.8. The van der Waals surface area contributed by atoms with E-state index in [9.17, 15) is 13.2 Å². The van der Waals surface area contributed by atoms with Crippen LogP contribution in [0.4, 0.5) is 5.69 Å². The summed E-state index contributed by atoms with van der Waals surface area (Å²) in [6.07, 6.45) is 0. The van der Waals surface area contributed by atoms with Crippen LogP contribution in [0.2, 0.25) is 5.02 Å². The molecular weight excluding hydrogens is 356 g/mol. The number of thioether (sulfide) groups is 1. The summed E-state index contributed by atoms with van der Waals surface area (Å²) >= 11 is 7.37. The van der Waals surface area contributed by atoms with Gasteiger partial charge < -0.3 is 5.32 Å². The van der Waals surface area contributed by atoms with Crippen molar-refractivity contribution in [3.05, 3.63) is 59.1 Å². The lowest BCUT2D eigenvalue weighted by molar-refractivity contribution is -0.113. The van der Waals surface area contributed by atoms with Gasteiger partial charge in [0.25, 0.3) is 0 Å². The SMILES string of the molecule is NS(=O)(=O)Cc1ccc(NC(=O)CSc2ccccc2Cl)cc1. The topological polar surface area (TPSA) is 89.3 Å². The van der Waals surface area contributed by atoms with Crippen molar-refractivity contribution in [1.29, 1.82) is 0 Å². The van der Waals surface area contributed by atoms with Crippen LogP contribution in [-0.2, 0) is 20.6 Å². The third-order valence-corrected chi connectivity index (χ3v) is 5.05. The highest BCUT2D eigenvalue weighted by Gasteiger charge is 2.07. The Balaban J connectivity index is 1.89. The van der Waals surface area contributed by atoms with E-state index in [-0.39, 0.29) is 17.4 Å². The molecule has 0 aliphatic carbocycles. The van der Waals surface area contributed by atoms with Gasteiger partial charge in [-0.3, -0.25) is 4.79 Å². The van der Waals surface area contributed by atoms with Gasteiger partial charge in [-0.05, 0) is 29.8 Å². The van der Waals surface area contributed by atoms with Crippen molar-refractivity contribution in [2.24, 2.45) is 5.14 Å². The lowest BCUT2D eigenvalue weighted by Gasteiger charge is -2.07. The van der Waals surface area contributed by atoms with Crippen molar-refractivity contribution >= 4 is 45.0 Å². The molecule has 0 saturated heterocycles. The second kappa shape index (κ2) is 7.83. The van der Waals surface area contributed by atoms with Crippen molar-refractivity contribution in [1.82, 2.24) is 0 Å².